The van der Waals surface area contributed by atoms with E-state index in [2.05, 4.69) is 5.32 Å². The number of fused-ring (bicyclic) bond motifs is 3. The molecule has 2 aliphatic heterocycles. The molecule has 2 aromatic rings. The van der Waals surface area contributed by atoms with E-state index in [1.807, 2.05) is 54.6 Å². The molecule has 9 heteroatoms. The summed E-state index contributed by atoms with van der Waals surface area (Å²) in [4.78, 5) is 27.7. The Morgan fingerprint density at radius 2 is 1.81 bits per heavy atom. The fourth-order valence-corrected chi connectivity index (χ4v) is 5.76. The van der Waals surface area contributed by atoms with Crippen LogP contribution in [-0.2, 0) is 32.7 Å². The maximum absolute atomic E-state index is 13.2. The van der Waals surface area contributed by atoms with Crippen molar-refractivity contribution in [2.24, 2.45) is 11.8 Å². The smallest absolute Gasteiger partial charge is 0.237 e. The van der Waals surface area contributed by atoms with Crippen LogP contribution in [0.1, 0.15) is 36.8 Å². The van der Waals surface area contributed by atoms with Gasteiger partial charge in [-0.25, -0.2) is 8.42 Å². The van der Waals surface area contributed by atoms with Gasteiger partial charge >= 0.3 is 0 Å². The first-order valence-corrected chi connectivity index (χ1v) is 14.4. The minimum Gasteiger partial charge on any atom is -0.493 e. The van der Waals surface area contributed by atoms with Gasteiger partial charge in [0.25, 0.3) is 0 Å². The molecule has 1 fully saturated rings. The number of nitrogens with one attached hydrogen (secondary N) is 1. The van der Waals surface area contributed by atoms with Gasteiger partial charge in [-0.2, -0.15) is 4.31 Å². The van der Waals surface area contributed by atoms with E-state index in [1.165, 1.54) is 4.31 Å². The topological polar surface area (TPSA) is 96.0 Å². The highest BCUT2D eigenvalue weighted by molar-refractivity contribution is 7.88. The number of hydrogen-bond donors (Lipinski definition) is 1. The lowest BCUT2D eigenvalue weighted by molar-refractivity contribution is -0.134. The summed E-state index contributed by atoms with van der Waals surface area (Å²) in [6.07, 6.45) is 3.88. The van der Waals surface area contributed by atoms with Crippen molar-refractivity contribution in [3.05, 3.63) is 65.7 Å². The molecule has 194 valence electrons. The van der Waals surface area contributed by atoms with Gasteiger partial charge in [-0.15, -0.1) is 0 Å². The third-order valence-corrected chi connectivity index (χ3v) is 8.30. The van der Waals surface area contributed by atoms with E-state index in [0.717, 1.165) is 36.6 Å². The predicted octanol–water partition coefficient (Wildman–Crippen LogP) is 2.79. The van der Waals surface area contributed by atoms with Gasteiger partial charge in [-0.3, -0.25) is 9.59 Å². The van der Waals surface area contributed by atoms with E-state index >= 15 is 0 Å². The highest BCUT2D eigenvalue weighted by Crippen LogP contribution is 2.31. The van der Waals surface area contributed by atoms with Crippen molar-refractivity contribution >= 4 is 21.8 Å². The first-order valence-electron chi connectivity index (χ1n) is 12.5. The van der Waals surface area contributed by atoms with Gasteiger partial charge in [0.15, 0.2) is 0 Å². The van der Waals surface area contributed by atoms with Gasteiger partial charge in [0.2, 0.25) is 21.8 Å². The molecule has 0 aliphatic carbocycles. The summed E-state index contributed by atoms with van der Waals surface area (Å²) in [5, 5.41) is 3.02. The third kappa shape index (κ3) is 7.07. The van der Waals surface area contributed by atoms with Gasteiger partial charge in [0, 0.05) is 38.2 Å². The minimum absolute atomic E-state index is 0.0139. The molecule has 2 aromatic carbocycles. The molecule has 0 unspecified atom stereocenters. The van der Waals surface area contributed by atoms with Crippen molar-refractivity contribution in [1.29, 1.82) is 0 Å². The second-order valence-electron chi connectivity index (χ2n) is 9.74. The summed E-state index contributed by atoms with van der Waals surface area (Å²) in [5.74, 6) is 0.762. The molecule has 8 nitrogen and oxygen atoms in total. The Hall–Kier alpha value is -2.91. The van der Waals surface area contributed by atoms with Gasteiger partial charge in [0.05, 0.1) is 19.4 Å². The summed E-state index contributed by atoms with van der Waals surface area (Å²) < 4.78 is 32.3. The number of benzene rings is 2. The SMILES string of the molecule is CS(=O)(=O)N1CC(=O)N2CC[C@@H](CC(=O)NCc3ccccc3)[C@@H](CCCOc3ccccc3C1)C2. The van der Waals surface area contributed by atoms with Crippen LogP contribution < -0.4 is 10.1 Å². The van der Waals surface area contributed by atoms with Crippen molar-refractivity contribution in [3.8, 4) is 5.75 Å². The zero-order chi connectivity index (χ0) is 25.5. The van der Waals surface area contributed by atoms with Crippen LogP contribution in [0.4, 0.5) is 0 Å². The van der Waals surface area contributed by atoms with Crippen LogP contribution in [-0.4, -0.2) is 61.9 Å². The zero-order valence-corrected chi connectivity index (χ0v) is 21.6. The molecule has 2 bridgehead atoms. The molecule has 2 heterocycles. The summed E-state index contributed by atoms with van der Waals surface area (Å²) in [6.45, 7) is 1.92. The van der Waals surface area contributed by atoms with Gasteiger partial charge in [-0.05, 0) is 42.7 Å². The summed E-state index contributed by atoms with van der Waals surface area (Å²) in [7, 11) is -3.61. The highest BCUT2D eigenvalue weighted by atomic mass is 32.2. The van der Waals surface area contributed by atoms with E-state index in [-0.39, 0.29) is 36.7 Å². The second kappa shape index (κ2) is 11.9. The number of carbonyl (C=O) groups excluding carboxylic acids is 2. The van der Waals surface area contributed by atoms with Crippen molar-refractivity contribution in [1.82, 2.24) is 14.5 Å². The predicted molar refractivity (Wildman–Crippen MR) is 138 cm³/mol. The Labute approximate surface area is 213 Å². The summed E-state index contributed by atoms with van der Waals surface area (Å²) >= 11 is 0. The second-order valence-corrected chi connectivity index (χ2v) is 11.7. The molecule has 0 saturated carbocycles. The van der Waals surface area contributed by atoms with Crippen LogP contribution in [0.5, 0.6) is 5.75 Å². The molecule has 36 heavy (non-hydrogen) atoms. The Morgan fingerprint density at radius 3 is 2.58 bits per heavy atom. The molecule has 1 N–H and O–H groups in total. The van der Waals surface area contributed by atoms with Crippen LogP contribution in [0.2, 0.25) is 0 Å². The highest BCUT2D eigenvalue weighted by Gasteiger charge is 2.34. The summed E-state index contributed by atoms with van der Waals surface area (Å²) in [5.41, 5.74) is 1.79. The molecule has 0 aromatic heterocycles. The number of carbonyl (C=O) groups is 2. The van der Waals surface area contributed by atoms with Crippen LogP contribution in [0.15, 0.2) is 54.6 Å². The molecule has 4 rings (SSSR count). The van der Waals surface area contributed by atoms with Crippen LogP contribution >= 0.6 is 0 Å². The van der Waals surface area contributed by atoms with Gasteiger partial charge in [-0.1, -0.05) is 48.5 Å². The number of piperidine rings is 1. The first kappa shape index (κ1) is 26.2. The van der Waals surface area contributed by atoms with E-state index in [0.29, 0.717) is 38.4 Å². The van der Waals surface area contributed by atoms with Gasteiger partial charge in [0.1, 0.15) is 5.75 Å². The average molecular weight is 514 g/mol. The number of ether oxygens (including phenoxy) is 1. The average Bonchev–Trinajstić information content (AvgIpc) is 2.87. The van der Waals surface area contributed by atoms with Crippen molar-refractivity contribution in [2.75, 3.05) is 32.5 Å². The summed E-state index contributed by atoms with van der Waals surface area (Å²) in [6, 6.07) is 17.2. The number of nitrogens with zero attached hydrogens (tertiary/aromatic N) is 2. The standard InChI is InChI=1S/C27H35N3O5S/c1-36(33,34)30-19-24-10-5-6-12-25(24)35-15-7-11-23-18-29(27(32)20-30)14-13-22(23)16-26(31)28-17-21-8-3-2-4-9-21/h2-6,8-10,12,22-23H,7,11,13-20H2,1H3,(H,28,31)/t22-,23-/m0/s1. The monoisotopic (exact) mass is 513 g/mol. The quantitative estimate of drug-likeness (QED) is 0.663. The van der Waals surface area contributed by atoms with E-state index < -0.39 is 10.0 Å². The zero-order valence-electron chi connectivity index (χ0n) is 20.8. The fraction of sp³-hybridized carbons (Fsp3) is 0.481. The van der Waals surface area contributed by atoms with Crippen molar-refractivity contribution < 1.29 is 22.7 Å². The van der Waals surface area contributed by atoms with Gasteiger partial charge < -0.3 is 15.0 Å². The minimum atomic E-state index is -3.61. The number of amides is 2. The lowest BCUT2D eigenvalue weighted by Crippen LogP contribution is -2.48. The Bertz CT molecular complexity index is 1160. The maximum atomic E-state index is 13.2. The van der Waals surface area contributed by atoms with Crippen LogP contribution in [0, 0.1) is 11.8 Å². The number of rotatable bonds is 5. The lowest BCUT2D eigenvalue weighted by Gasteiger charge is -2.39. The molecular formula is C27H35N3O5S. The first-order chi connectivity index (χ1) is 17.3. The van der Waals surface area contributed by atoms with Crippen LogP contribution in [0.3, 0.4) is 0 Å². The van der Waals surface area contributed by atoms with Crippen LogP contribution in [0.25, 0.3) is 0 Å². The molecule has 2 amide bonds. The molecule has 2 atom stereocenters. The fourth-order valence-electron chi connectivity index (χ4n) is 5.04. The number of para-hydroxylation sites is 1. The Balaban J connectivity index is 1.46. The normalized spacial score (nSPS) is 21.8. The van der Waals surface area contributed by atoms with Crippen molar-refractivity contribution in [3.63, 3.8) is 0 Å². The van der Waals surface area contributed by atoms with E-state index in [9.17, 15) is 18.0 Å². The Morgan fingerprint density at radius 1 is 1.06 bits per heavy atom. The molecule has 0 radical (unpaired) electrons. The Kier molecular flexibility index (Phi) is 8.64. The number of sulfonamides is 1. The molecule has 2 aliphatic rings. The van der Waals surface area contributed by atoms with E-state index in [1.54, 1.807) is 4.90 Å². The molecule has 0 spiro atoms. The lowest BCUT2D eigenvalue weighted by atomic mass is 9.80. The maximum Gasteiger partial charge on any atom is 0.237 e. The van der Waals surface area contributed by atoms with Crippen molar-refractivity contribution in [2.45, 2.75) is 38.8 Å². The molecule has 1 saturated heterocycles. The third-order valence-electron chi connectivity index (χ3n) is 7.10. The van der Waals surface area contributed by atoms with E-state index in [4.69, 9.17) is 4.74 Å². The number of hydrogen-bond acceptors (Lipinski definition) is 5. The largest absolute Gasteiger partial charge is 0.493 e. The molecular weight excluding hydrogens is 478 g/mol.